The third-order valence-corrected chi connectivity index (χ3v) is 3.71. The minimum Gasteiger partial charge on any atom is -0.484 e. The van der Waals surface area contributed by atoms with Crippen LogP contribution < -0.4 is 10.5 Å². The van der Waals surface area contributed by atoms with E-state index in [2.05, 4.69) is 24.3 Å². The fourth-order valence-corrected chi connectivity index (χ4v) is 2.72. The molecule has 1 unspecified atom stereocenters. The highest BCUT2D eigenvalue weighted by atomic mass is 16.5. The zero-order chi connectivity index (χ0) is 13.9. The molecule has 20 heavy (non-hydrogen) atoms. The number of benzene rings is 2. The molecule has 0 aliphatic heterocycles. The van der Waals surface area contributed by atoms with Gasteiger partial charge in [-0.2, -0.15) is 5.26 Å². The summed E-state index contributed by atoms with van der Waals surface area (Å²) in [4.78, 5) is 0. The van der Waals surface area contributed by atoms with Crippen LogP contribution in [0.25, 0.3) is 0 Å². The van der Waals surface area contributed by atoms with Crippen molar-refractivity contribution in [3.8, 4) is 11.8 Å². The molecule has 0 aromatic heterocycles. The van der Waals surface area contributed by atoms with Crippen molar-refractivity contribution in [1.82, 2.24) is 0 Å². The first-order chi connectivity index (χ1) is 9.78. The summed E-state index contributed by atoms with van der Waals surface area (Å²) in [7, 11) is 0. The highest BCUT2D eigenvalue weighted by Crippen LogP contribution is 2.34. The molecule has 0 heterocycles. The summed E-state index contributed by atoms with van der Waals surface area (Å²) in [5, 5.41) is 9.18. The molecule has 0 fully saturated rings. The van der Waals surface area contributed by atoms with E-state index >= 15 is 0 Å². The highest BCUT2D eigenvalue weighted by molar-refractivity contribution is 5.53. The first-order valence-electron chi connectivity index (χ1n) is 6.82. The van der Waals surface area contributed by atoms with Crippen LogP contribution in [0.1, 0.15) is 35.6 Å². The molecule has 0 radical (unpaired) electrons. The van der Waals surface area contributed by atoms with E-state index in [1.807, 2.05) is 6.07 Å². The summed E-state index contributed by atoms with van der Waals surface area (Å²) >= 11 is 0. The van der Waals surface area contributed by atoms with Crippen LogP contribution in [0.15, 0.2) is 42.5 Å². The van der Waals surface area contributed by atoms with Gasteiger partial charge in [0.2, 0.25) is 0 Å². The van der Waals surface area contributed by atoms with Crippen LogP contribution in [0, 0.1) is 11.3 Å². The molecule has 0 saturated carbocycles. The van der Waals surface area contributed by atoms with E-state index < -0.39 is 0 Å². The Balaban J connectivity index is 1.92. The zero-order valence-electron chi connectivity index (χ0n) is 11.2. The van der Waals surface area contributed by atoms with E-state index in [4.69, 9.17) is 10.5 Å². The van der Waals surface area contributed by atoms with E-state index in [-0.39, 0.29) is 6.10 Å². The van der Waals surface area contributed by atoms with Gasteiger partial charge in [-0.05, 0) is 48.6 Å². The third kappa shape index (κ3) is 2.33. The third-order valence-electron chi connectivity index (χ3n) is 3.71. The smallest absolute Gasteiger partial charge is 0.138 e. The van der Waals surface area contributed by atoms with Crippen LogP contribution in [0.2, 0.25) is 0 Å². The SMILES string of the molecule is N#Cc1cc(N)ccc1OC1CCCc2ccccc21. The summed E-state index contributed by atoms with van der Waals surface area (Å²) in [6.07, 6.45) is 3.21. The Hall–Kier alpha value is -2.47. The van der Waals surface area contributed by atoms with E-state index in [0.717, 1.165) is 19.3 Å². The van der Waals surface area contributed by atoms with Crippen molar-refractivity contribution >= 4 is 5.69 Å². The van der Waals surface area contributed by atoms with Gasteiger partial charge in [-0.3, -0.25) is 0 Å². The average Bonchev–Trinajstić information content (AvgIpc) is 2.49. The van der Waals surface area contributed by atoms with Crippen molar-refractivity contribution in [2.45, 2.75) is 25.4 Å². The fourth-order valence-electron chi connectivity index (χ4n) is 2.72. The van der Waals surface area contributed by atoms with Gasteiger partial charge in [-0.25, -0.2) is 0 Å². The van der Waals surface area contributed by atoms with Gasteiger partial charge >= 0.3 is 0 Å². The van der Waals surface area contributed by atoms with Gasteiger partial charge in [0.05, 0.1) is 5.56 Å². The van der Waals surface area contributed by atoms with E-state index in [9.17, 15) is 5.26 Å². The summed E-state index contributed by atoms with van der Waals surface area (Å²) in [5.74, 6) is 0.614. The molecule has 0 amide bonds. The topological polar surface area (TPSA) is 59.0 Å². The molecular formula is C17H16N2O. The minimum atomic E-state index is 0.0238. The van der Waals surface area contributed by atoms with Gasteiger partial charge in [0.15, 0.2) is 0 Å². The highest BCUT2D eigenvalue weighted by Gasteiger charge is 2.22. The van der Waals surface area contributed by atoms with Crippen LogP contribution in [-0.4, -0.2) is 0 Å². The van der Waals surface area contributed by atoms with Gasteiger partial charge in [-0.15, -0.1) is 0 Å². The maximum atomic E-state index is 9.18. The van der Waals surface area contributed by atoms with Crippen LogP contribution in [0.3, 0.4) is 0 Å². The summed E-state index contributed by atoms with van der Waals surface area (Å²) in [5.41, 5.74) is 9.36. The number of nitrogens with two attached hydrogens (primary N) is 1. The van der Waals surface area contributed by atoms with Crippen molar-refractivity contribution in [2.75, 3.05) is 5.73 Å². The largest absolute Gasteiger partial charge is 0.484 e. The molecule has 3 nitrogen and oxygen atoms in total. The Morgan fingerprint density at radius 1 is 1.20 bits per heavy atom. The Kier molecular flexibility index (Phi) is 3.30. The van der Waals surface area contributed by atoms with Crippen LogP contribution in [0.5, 0.6) is 5.75 Å². The Morgan fingerprint density at radius 3 is 2.90 bits per heavy atom. The van der Waals surface area contributed by atoms with Crippen LogP contribution in [0.4, 0.5) is 5.69 Å². The molecule has 1 aliphatic carbocycles. The monoisotopic (exact) mass is 264 g/mol. The molecule has 2 aromatic carbocycles. The normalized spacial score (nSPS) is 17.1. The van der Waals surface area contributed by atoms with Crippen LogP contribution >= 0.6 is 0 Å². The molecule has 2 N–H and O–H groups in total. The van der Waals surface area contributed by atoms with Crippen molar-refractivity contribution in [2.24, 2.45) is 0 Å². The number of ether oxygens (including phenoxy) is 1. The number of nitriles is 1. The minimum absolute atomic E-state index is 0.0238. The van der Waals surface area contributed by atoms with Gasteiger partial charge in [0.25, 0.3) is 0 Å². The lowest BCUT2D eigenvalue weighted by molar-refractivity contribution is 0.183. The van der Waals surface area contributed by atoms with Gasteiger partial charge in [-0.1, -0.05) is 24.3 Å². The summed E-state index contributed by atoms with van der Waals surface area (Å²) < 4.78 is 6.08. The molecule has 100 valence electrons. The van der Waals surface area contributed by atoms with Gasteiger partial charge in [0, 0.05) is 5.69 Å². The number of aryl methyl sites for hydroxylation is 1. The first-order valence-corrected chi connectivity index (χ1v) is 6.82. The maximum absolute atomic E-state index is 9.18. The van der Waals surface area contributed by atoms with E-state index in [0.29, 0.717) is 17.0 Å². The first kappa shape index (κ1) is 12.6. The fraction of sp³-hybridized carbons (Fsp3) is 0.235. The number of hydrogen-bond donors (Lipinski definition) is 1. The van der Waals surface area contributed by atoms with Gasteiger partial charge in [0.1, 0.15) is 17.9 Å². The Bertz CT molecular complexity index is 673. The zero-order valence-corrected chi connectivity index (χ0v) is 11.2. The number of rotatable bonds is 2. The molecular weight excluding hydrogens is 248 g/mol. The quantitative estimate of drug-likeness (QED) is 0.843. The standard InChI is InChI=1S/C17H16N2O/c18-11-13-10-14(19)8-9-16(13)20-17-7-3-5-12-4-1-2-6-15(12)17/h1-2,4,6,8-10,17H,3,5,7,19H2. The predicted octanol–water partition coefficient (Wildman–Crippen LogP) is 3.60. The second-order valence-corrected chi connectivity index (χ2v) is 5.06. The van der Waals surface area contributed by atoms with Crippen molar-refractivity contribution in [1.29, 1.82) is 5.26 Å². The molecule has 1 atom stereocenters. The molecule has 2 aromatic rings. The second kappa shape index (κ2) is 5.26. The summed E-state index contributed by atoms with van der Waals surface area (Å²) in [6.45, 7) is 0. The lowest BCUT2D eigenvalue weighted by Crippen LogP contribution is -2.15. The van der Waals surface area contributed by atoms with Crippen molar-refractivity contribution in [3.63, 3.8) is 0 Å². The van der Waals surface area contributed by atoms with E-state index in [1.165, 1.54) is 11.1 Å². The molecule has 0 bridgehead atoms. The molecule has 3 heteroatoms. The Labute approximate surface area is 118 Å². The van der Waals surface area contributed by atoms with Crippen molar-refractivity contribution < 1.29 is 4.74 Å². The number of nitrogens with zero attached hydrogens (tertiary/aromatic N) is 1. The van der Waals surface area contributed by atoms with Crippen molar-refractivity contribution in [3.05, 3.63) is 59.2 Å². The number of anilines is 1. The number of fused-ring (bicyclic) bond motifs is 1. The van der Waals surface area contributed by atoms with Gasteiger partial charge < -0.3 is 10.5 Å². The molecule has 0 spiro atoms. The Morgan fingerprint density at radius 2 is 2.05 bits per heavy atom. The molecule has 0 saturated heterocycles. The van der Waals surface area contributed by atoms with E-state index in [1.54, 1.807) is 18.2 Å². The average molecular weight is 264 g/mol. The number of hydrogen-bond acceptors (Lipinski definition) is 3. The molecule has 3 rings (SSSR count). The second-order valence-electron chi connectivity index (χ2n) is 5.06. The van der Waals surface area contributed by atoms with Crippen LogP contribution in [-0.2, 0) is 6.42 Å². The number of nitrogen functional groups attached to an aromatic ring is 1. The summed E-state index contributed by atoms with van der Waals surface area (Å²) in [6, 6.07) is 15.7. The lowest BCUT2D eigenvalue weighted by atomic mass is 9.89. The lowest BCUT2D eigenvalue weighted by Gasteiger charge is -2.26. The predicted molar refractivity (Wildman–Crippen MR) is 78.3 cm³/mol. The molecule has 1 aliphatic rings. The maximum Gasteiger partial charge on any atom is 0.138 e.